The number of amides is 2. The molecule has 1 aliphatic heterocycles. The fourth-order valence-corrected chi connectivity index (χ4v) is 3.14. The molecule has 1 unspecified atom stereocenters. The van der Waals surface area contributed by atoms with E-state index < -0.39 is 11.9 Å². The van der Waals surface area contributed by atoms with Gasteiger partial charge < -0.3 is 15.5 Å². The fourth-order valence-electron chi connectivity index (χ4n) is 3.14. The maximum atomic E-state index is 13.3. The summed E-state index contributed by atoms with van der Waals surface area (Å²) in [6.45, 7) is 5.27. The molecule has 1 heterocycles. The zero-order chi connectivity index (χ0) is 19.4. The van der Waals surface area contributed by atoms with Gasteiger partial charge in [0.05, 0.1) is 0 Å². The Labute approximate surface area is 158 Å². The maximum absolute atomic E-state index is 13.3. The highest BCUT2D eigenvalue weighted by atomic mass is 19.1. The van der Waals surface area contributed by atoms with E-state index in [-0.39, 0.29) is 11.7 Å². The predicted octanol–water partition coefficient (Wildman–Crippen LogP) is 3.49. The lowest BCUT2D eigenvalue weighted by Crippen LogP contribution is -2.41. The molecule has 0 aromatic heterocycles. The first kappa shape index (κ1) is 18.9. The number of aryl methyl sites for hydroxylation is 1. The molecule has 0 bridgehead atoms. The Morgan fingerprint density at radius 2 is 1.85 bits per heavy atom. The number of nitrogens with zero attached hydrogens (tertiary/aromatic N) is 1. The summed E-state index contributed by atoms with van der Waals surface area (Å²) in [4.78, 5) is 27.0. The molecule has 5 nitrogen and oxygen atoms in total. The van der Waals surface area contributed by atoms with E-state index in [0.717, 1.165) is 18.8 Å². The number of halogens is 1. The van der Waals surface area contributed by atoms with Crippen molar-refractivity contribution in [3.8, 4) is 0 Å². The third-order valence-corrected chi connectivity index (χ3v) is 4.75. The van der Waals surface area contributed by atoms with Gasteiger partial charge in [0.1, 0.15) is 11.9 Å². The van der Waals surface area contributed by atoms with Crippen molar-refractivity contribution in [1.82, 2.24) is 5.32 Å². The fraction of sp³-hybridized carbons (Fsp3) is 0.333. The minimum absolute atomic E-state index is 0.305. The van der Waals surface area contributed by atoms with Crippen molar-refractivity contribution in [3.63, 3.8) is 0 Å². The quantitative estimate of drug-likeness (QED) is 0.848. The average Bonchev–Trinajstić information content (AvgIpc) is 3.19. The van der Waals surface area contributed by atoms with Crippen molar-refractivity contribution in [2.45, 2.75) is 32.7 Å². The van der Waals surface area contributed by atoms with E-state index in [0.29, 0.717) is 16.8 Å². The van der Waals surface area contributed by atoms with Crippen LogP contribution in [0.4, 0.5) is 15.8 Å². The molecular weight excluding hydrogens is 345 g/mol. The second-order valence-corrected chi connectivity index (χ2v) is 6.89. The highest BCUT2D eigenvalue weighted by molar-refractivity contribution is 6.01. The molecule has 1 fully saturated rings. The zero-order valence-corrected chi connectivity index (χ0v) is 15.6. The molecule has 3 rings (SSSR count). The van der Waals surface area contributed by atoms with Crippen LogP contribution in [0.5, 0.6) is 0 Å². The molecule has 1 aliphatic rings. The van der Waals surface area contributed by atoms with Gasteiger partial charge in [0.25, 0.3) is 5.91 Å². The topological polar surface area (TPSA) is 61.4 Å². The molecule has 2 amide bonds. The van der Waals surface area contributed by atoms with Gasteiger partial charge in [-0.05, 0) is 68.7 Å². The first-order valence-corrected chi connectivity index (χ1v) is 9.17. The van der Waals surface area contributed by atoms with Gasteiger partial charge in [0.2, 0.25) is 5.91 Å². The Morgan fingerprint density at radius 1 is 1.11 bits per heavy atom. The molecule has 2 aromatic rings. The molecule has 142 valence electrons. The monoisotopic (exact) mass is 369 g/mol. The standard InChI is InChI=1S/C21H24FN3O2/c1-14-12-16(8-9-19(14)22)21(27)23-15(2)20(26)24-17-6-5-7-18(13-17)25-10-3-4-11-25/h5-9,12-13,15H,3-4,10-11H2,1-2H3,(H,23,27)(H,24,26). The molecule has 27 heavy (non-hydrogen) atoms. The number of benzene rings is 2. The van der Waals surface area contributed by atoms with Gasteiger partial charge in [-0.2, -0.15) is 0 Å². The number of carbonyl (C=O) groups excluding carboxylic acids is 2. The number of hydrogen-bond acceptors (Lipinski definition) is 3. The number of anilines is 2. The summed E-state index contributed by atoms with van der Waals surface area (Å²) in [6, 6.07) is 11.1. The van der Waals surface area contributed by atoms with E-state index in [1.165, 1.54) is 31.0 Å². The number of rotatable bonds is 5. The van der Waals surface area contributed by atoms with Crippen LogP contribution in [-0.2, 0) is 4.79 Å². The summed E-state index contributed by atoms with van der Waals surface area (Å²) in [6.07, 6.45) is 2.37. The first-order valence-electron chi connectivity index (χ1n) is 9.17. The van der Waals surface area contributed by atoms with Crippen molar-refractivity contribution in [1.29, 1.82) is 0 Å². The second-order valence-electron chi connectivity index (χ2n) is 6.89. The molecule has 0 aliphatic carbocycles. The van der Waals surface area contributed by atoms with E-state index >= 15 is 0 Å². The zero-order valence-electron chi connectivity index (χ0n) is 15.6. The molecule has 6 heteroatoms. The van der Waals surface area contributed by atoms with Crippen molar-refractivity contribution >= 4 is 23.2 Å². The van der Waals surface area contributed by atoms with Crippen LogP contribution in [0.15, 0.2) is 42.5 Å². The third-order valence-electron chi connectivity index (χ3n) is 4.75. The summed E-state index contributed by atoms with van der Waals surface area (Å²) in [5.74, 6) is -1.08. The Balaban J connectivity index is 1.61. The van der Waals surface area contributed by atoms with Crippen LogP contribution >= 0.6 is 0 Å². The van der Waals surface area contributed by atoms with Crippen LogP contribution in [0.3, 0.4) is 0 Å². The highest BCUT2D eigenvalue weighted by Crippen LogP contribution is 2.23. The Hall–Kier alpha value is -2.89. The van der Waals surface area contributed by atoms with Crippen LogP contribution in [-0.4, -0.2) is 30.9 Å². The summed E-state index contributed by atoms with van der Waals surface area (Å²) >= 11 is 0. The summed E-state index contributed by atoms with van der Waals surface area (Å²) < 4.78 is 13.3. The van der Waals surface area contributed by atoms with Gasteiger partial charge in [-0.15, -0.1) is 0 Å². The van der Waals surface area contributed by atoms with E-state index in [2.05, 4.69) is 15.5 Å². The van der Waals surface area contributed by atoms with E-state index in [1.807, 2.05) is 24.3 Å². The molecular formula is C21H24FN3O2. The Bertz CT molecular complexity index is 847. The first-order chi connectivity index (χ1) is 12.9. The van der Waals surface area contributed by atoms with Gasteiger partial charge in [-0.25, -0.2) is 4.39 Å². The third kappa shape index (κ3) is 4.64. The normalized spacial score (nSPS) is 14.7. The molecule has 0 saturated carbocycles. The molecule has 0 spiro atoms. The lowest BCUT2D eigenvalue weighted by atomic mass is 10.1. The lowest BCUT2D eigenvalue weighted by molar-refractivity contribution is -0.117. The molecule has 1 atom stereocenters. The molecule has 2 aromatic carbocycles. The minimum Gasteiger partial charge on any atom is -0.371 e. The SMILES string of the molecule is Cc1cc(C(=O)NC(C)C(=O)Nc2cccc(N3CCCC3)c2)ccc1F. The van der Waals surface area contributed by atoms with E-state index in [1.54, 1.807) is 13.8 Å². The molecule has 1 saturated heterocycles. The van der Waals surface area contributed by atoms with Gasteiger partial charge >= 0.3 is 0 Å². The minimum atomic E-state index is -0.724. The van der Waals surface area contributed by atoms with E-state index in [4.69, 9.17) is 0 Å². The van der Waals surface area contributed by atoms with Crippen molar-refractivity contribution < 1.29 is 14.0 Å². The van der Waals surface area contributed by atoms with Crippen LogP contribution in [0.1, 0.15) is 35.7 Å². The van der Waals surface area contributed by atoms with E-state index in [9.17, 15) is 14.0 Å². The predicted molar refractivity (Wildman–Crippen MR) is 105 cm³/mol. The van der Waals surface area contributed by atoms with Crippen LogP contribution in [0.25, 0.3) is 0 Å². The number of nitrogens with one attached hydrogen (secondary N) is 2. The largest absolute Gasteiger partial charge is 0.371 e. The van der Waals surface area contributed by atoms with Crippen LogP contribution in [0, 0.1) is 12.7 Å². The second kappa shape index (κ2) is 8.20. The van der Waals surface area contributed by atoms with Gasteiger partial charge in [0, 0.05) is 30.0 Å². The summed E-state index contributed by atoms with van der Waals surface area (Å²) in [5.41, 5.74) is 2.50. The Kier molecular flexibility index (Phi) is 5.74. The summed E-state index contributed by atoms with van der Waals surface area (Å²) in [5, 5.41) is 5.49. The van der Waals surface area contributed by atoms with Gasteiger partial charge in [0.15, 0.2) is 0 Å². The van der Waals surface area contributed by atoms with Crippen molar-refractivity contribution in [2.75, 3.05) is 23.3 Å². The van der Waals surface area contributed by atoms with Gasteiger partial charge in [-0.1, -0.05) is 6.07 Å². The highest BCUT2D eigenvalue weighted by Gasteiger charge is 2.18. The smallest absolute Gasteiger partial charge is 0.251 e. The number of carbonyl (C=O) groups is 2. The molecule has 2 N–H and O–H groups in total. The van der Waals surface area contributed by atoms with Gasteiger partial charge in [-0.3, -0.25) is 9.59 Å². The number of hydrogen-bond donors (Lipinski definition) is 2. The molecule has 0 radical (unpaired) electrons. The van der Waals surface area contributed by atoms with Crippen molar-refractivity contribution in [3.05, 3.63) is 59.4 Å². The van der Waals surface area contributed by atoms with Crippen LogP contribution < -0.4 is 15.5 Å². The lowest BCUT2D eigenvalue weighted by Gasteiger charge is -2.19. The maximum Gasteiger partial charge on any atom is 0.251 e. The van der Waals surface area contributed by atoms with Crippen LogP contribution in [0.2, 0.25) is 0 Å². The summed E-state index contributed by atoms with van der Waals surface area (Å²) in [7, 11) is 0. The average molecular weight is 369 g/mol. The Morgan fingerprint density at radius 3 is 2.56 bits per heavy atom. The van der Waals surface area contributed by atoms with Crippen molar-refractivity contribution in [2.24, 2.45) is 0 Å².